The van der Waals surface area contributed by atoms with Crippen molar-refractivity contribution >= 4 is 28.4 Å². The summed E-state index contributed by atoms with van der Waals surface area (Å²) >= 11 is 6.59. The van der Waals surface area contributed by atoms with E-state index in [1.807, 2.05) is 47.2 Å². The Hall–Kier alpha value is -2.41. The molecule has 2 fully saturated rings. The lowest BCUT2D eigenvalue weighted by Crippen LogP contribution is -2.63. The summed E-state index contributed by atoms with van der Waals surface area (Å²) in [4.78, 5) is 20.7. The molecule has 1 amide bonds. The van der Waals surface area contributed by atoms with E-state index in [4.69, 9.17) is 11.6 Å². The van der Waals surface area contributed by atoms with E-state index in [2.05, 4.69) is 27.4 Å². The molecular formula is C26H32ClN5O. The van der Waals surface area contributed by atoms with Crippen molar-refractivity contribution in [2.45, 2.75) is 50.6 Å². The highest BCUT2D eigenvalue weighted by atomic mass is 35.5. The highest BCUT2D eigenvalue weighted by molar-refractivity contribution is 6.37. The maximum atomic E-state index is 13.6. The van der Waals surface area contributed by atoms with E-state index >= 15 is 0 Å². The van der Waals surface area contributed by atoms with E-state index < -0.39 is 0 Å². The zero-order valence-corrected chi connectivity index (χ0v) is 19.9. The molecule has 7 heteroatoms. The highest BCUT2D eigenvalue weighted by Gasteiger charge is 2.39. The van der Waals surface area contributed by atoms with Gasteiger partial charge in [0.1, 0.15) is 5.82 Å². The molecule has 1 aliphatic carbocycles. The normalized spacial score (nSPS) is 21.2. The van der Waals surface area contributed by atoms with E-state index in [1.165, 1.54) is 19.3 Å². The largest absolute Gasteiger partial charge is 0.350 e. The van der Waals surface area contributed by atoms with Crippen molar-refractivity contribution in [2.24, 2.45) is 0 Å². The first-order chi connectivity index (χ1) is 16.1. The number of pyridine rings is 1. The maximum absolute atomic E-state index is 13.6. The molecule has 0 spiro atoms. The van der Waals surface area contributed by atoms with Crippen LogP contribution in [-0.4, -0.2) is 58.1 Å². The van der Waals surface area contributed by atoms with Crippen LogP contribution in [0.3, 0.4) is 0 Å². The summed E-state index contributed by atoms with van der Waals surface area (Å²) in [5.74, 6) is 0.693. The molecule has 2 aromatic heterocycles. The number of nitrogens with zero attached hydrogens (tertiary/aromatic N) is 3. The number of carbonyl (C=O) groups is 1. The fourth-order valence-electron chi connectivity index (χ4n) is 5.62. The molecule has 3 aromatic rings. The number of nitrogens with one attached hydrogen (secondary N) is 2. The molecule has 1 aromatic carbocycles. The highest BCUT2D eigenvalue weighted by Crippen LogP contribution is 2.35. The van der Waals surface area contributed by atoms with E-state index in [1.54, 1.807) is 6.20 Å². The zero-order chi connectivity index (χ0) is 22.8. The smallest absolute Gasteiger partial charge is 0.253 e. The Morgan fingerprint density at radius 1 is 1.21 bits per heavy atom. The molecule has 6 nitrogen and oxygen atoms in total. The monoisotopic (exact) mass is 465 g/mol. The standard InChI is InChI=1S/C26H32ClN5O/c1-19-16-31(15-14-28-19)26(11-4-2-5-12-26)18-30-25(33)20-17-32(23-10-3-6-13-29-23)22-9-7-8-21(27)24(20)22/h3,6-10,13,17,19,28H,2,4-5,11-12,14-16,18H2,1H3,(H,30,33)/t19-/m1/s1. The van der Waals surface area contributed by atoms with E-state index in [9.17, 15) is 4.79 Å². The molecule has 2 aliphatic rings. The van der Waals surface area contributed by atoms with Crippen LogP contribution >= 0.6 is 11.6 Å². The molecule has 33 heavy (non-hydrogen) atoms. The minimum absolute atomic E-state index is 0.0351. The van der Waals surface area contributed by atoms with Crippen molar-refractivity contribution in [2.75, 3.05) is 26.2 Å². The Bertz CT molecular complexity index is 1120. The second kappa shape index (κ2) is 9.45. The average molecular weight is 466 g/mol. The molecule has 1 saturated carbocycles. The van der Waals surface area contributed by atoms with E-state index in [0.29, 0.717) is 23.2 Å². The Balaban J connectivity index is 1.44. The van der Waals surface area contributed by atoms with E-state index in [-0.39, 0.29) is 11.4 Å². The zero-order valence-electron chi connectivity index (χ0n) is 19.2. The summed E-state index contributed by atoms with van der Waals surface area (Å²) in [5.41, 5.74) is 1.52. The first kappa shape index (κ1) is 22.4. The minimum Gasteiger partial charge on any atom is -0.350 e. The second-order valence-corrected chi connectivity index (χ2v) is 9.91. The van der Waals surface area contributed by atoms with Crippen LogP contribution in [-0.2, 0) is 0 Å². The van der Waals surface area contributed by atoms with Crippen LogP contribution in [0.2, 0.25) is 5.02 Å². The summed E-state index contributed by atoms with van der Waals surface area (Å²) in [6.07, 6.45) is 9.62. The van der Waals surface area contributed by atoms with Crippen LogP contribution in [0.15, 0.2) is 48.8 Å². The molecule has 0 bridgehead atoms. The van der Waals surface area contributed by atoms with Crippen molar-refractivity contribution in [1.29, 1.82) is 0 Å². The summed E-state index contributed by atoms with van der Waals surface area (Å²) in [7, 11) is 0. The Morgan fingerprint density at radius 2 is 2.06 bits per heavy atom. The second-order valence-electron chi connectivity index (χ2n) is 9.50. The maximum Gasteiger partial charge on any atom is 0.253 e. The third-order valence-corrected chi connectivity index (χ3v) is 7.64. The molecule has 0 unspecified atom stereocenters. The molecule has 1 saturated heterocycles. The summed E-state index contributed by atoms with van der Waals surface area (Å²) in [6, 6.07) is 12.0. The number of fused-ring (bicyclic) bond motifs is 1. The number of hydrogen-bond donors (Lipinski definition) is 2. The van der Waals surface area contributed by atoms with Gasteiger partial charge in [0.15, 0.2) is 0 Å². The van der Waals surface area contributed by atoms with Gasteiger partial charge < -0.3 is 15.2 Å². The van der Waals surface area contributed by atoms with Crippen LogP contribution < -0.4 is 10.6 Å². The number of carbonyl (C=O) groups excluding carboxylic acids is 1. The van der Waals surface area contributed by atoms with Crippen LogP contribution in [0.5, 0.6) is 0 Å². The van der Waals surface area contributed by atoms with Gasteiger partial charge in [0.2, 0.25) is 0 Å². The van der Waals surface area contributed by atoms with Gasteiger partial charge in [-0.25, -0.2) is 4.98 Å². The predicted octanol–water partition coefficient (Wildman–Crippen LogP) is 4.41. The molecule has 1 aliphatic heterocycles. The molecule has 0 radical (unpaired) electrons. The lowest BCUT2D eigenvalue weighted by molar-refractivity contribution is 0.0273. The number of piperazine rings is 1. The SMILES string of the molecule is C[C@@H]1CN(C2(CNC(=O)c3cn(-c4ccccn4)c4cccc(Cl)c34)CCCCC2)CCN1. The van der Waals surface area contributed by atoms with Crippen molar-refractivity contribution < 1.29 is 4.79 Å². The van der Waals surface area contributed by atoms with Crippen LogP contribution in [0.1, 0.15) is 49.4 Å². The first-order valence-corrected chi connectivity index (χ1v) is 12.4. The van der Waals surface area contributed by atoms with Crippen molar-refractivity contribution in [3.8, 4) is 5.82 Å². The van der Waals surface area contributed by atoms with Gasteiger partial charge in [0.05, 0.1) is 16.1 Å². The van der Waals surface area contributed by atoms with Gasteiger partial charge >= 0.3 is 0 Å². The van der Waals surface area contributed by atoms with Gasteiger partial charge in [0.25, 0.3) is 5.91 Å². The van der Waals surface area contributed by atoms with Crippen LogP contribution in [0, 0.1) is 0 Å². The van der Waals surface area contributed by atoms with Crippen molar-refractivity contribution in [1.82, 2.24) is 25.1 Å². The quantitative estimate of drug-likeness (QED) is 0.586. The number of halogens is 1. The lowest BCUT2D eigenvalue weighted by atomic mass is 9.79. The fourth-order valence-corrected chi connectivity index (χ4v) is 5.89. The average Bonchev–Trinajstić information content (AvgIpc) is 3.25. The molecule has 3 heterocycles. The number of hydrogen-bond acceptors (Lipinski definition) is 4. The molecule has 5 rings (SSSR count). The Morgan fingerprint density at radius 3 is 2.82 bits per heavy atom. The minimum atomic E-state index is -0.0732. The molecule has 174 valence electrons. The fraction of sp³-hybridized carbons (Fsp3) is 0.462. The third kappa shape index (κ3) is 4.39. The Labute approximate surface area is 200 Å². The third-order valence-electron chi connectivity index (χ3n) is 7.32. The van der Waals surface area contributed by atoms with Gasteiger partial charge in [-0.2, -0.15) is 0 Å². The number of benzene rings is 1. The lowest BCUT2D eigenvalue weighted by Gasteiger charge is -2.49. The van der Waals surface area contributed by atoms with Gasteiger partial charge in [-0.3, -0.25) is 9.69 Å². The van der Waals surface area contributed by atoms with Crippen molar-refractivity contribution in [3.63, 3.8) is 0 Å². The molecule has 1 atom stereocenters. The van der Waals surface area contributed by atoms with Gasteiger partial charge in [0, 0.05) is 55.5 Å². The number of amides is 1. The molecular weight excluding hydrogens is 434 g/mol. The van der Waals surface area contributed by atoms with Crippen LogP contribution in [0.4, 0.5) is 0 Å². The first-order valence-electron chi connectivity index (χ1n) is 12.0. The van der Waals surface area contributed by atoms with Gasteiger partial charge in [-0.05, 0) is 44.0 Å². The topological polar surface area (TPSA) is 62.2 Å². The van der Waals surface area contributed by atoms with Crippen LogP contribution in [0.25, 0.3) is 16.7 Å². The molecule has 2 N–H and O–H groups in total. The predicted molar refractivity (Wildman–Crippen MR) is 133 cm³/mol. The Kier molecular flexibility index (Phi) is 6.41. The van der Waals surface area contributed by atoms with Crippen molar-refractivity contribution in [3.05, 3.63) is 59.4 Å². The van der Waals surface area contributed by atoms with Gasteiger partial charge in [-0.15, -0.1) is 0 Å². The summed E-state index contributed by atoms with van der Waals surface area (Å²) in [5, 5.41) is 8.22. The van der Waals surface area contributed by atoms with E-state index in [0.717, 1.165) is 49.2 Å². The summed E-state index contributed by atoms with van der Waals surface area (Å²) < 4.78 is 1.95. The van der Waals surface area contributed by atoms with Gasteiger partial charge in [-0.1, -0.05) is 43.0 Å². The number of aromatic nitrogens is 2. The number of rotatable bonds is 5. The summed E-state index contributed by atoms with van der Waals surface area (Å²) in [6.45, 7) is 5.98.